The Balaban J connectivity index is 1.63. The molecule has 138 valence electrons. The van der Waals surface area contributed by atoms with E-state index in [4.69, 9.17) is 4.74 Å². The number of fused-ring (bicyclic) bond motifs is 1. The molecular weight excluding hydrogens is 340 g/mol. The fraction of sp³-hybridized carbons (Fsp3) is 0.261. The van der Waals surface area contributed by atoms with Crippen molar-refractivity contribution < 1.29 is 19.7 Å². The Hall–Kier alpha value is -2.69. The van der Waals surface area contributed by atoms with Crippen LogP contribution < -0.4 is 4.74 Å². The number of benzene rings is 2. The second kappa shape index (κ2) is 6.80. The Labute approximate surface area is 158 Å². The van der Waals surface area contributed by atoms with Gasteiger partial charge in [0.1, 0.15) is 5.75 Å². The molecule has 0 atom stereocenters. The largest absolute Gasteiger partial charge is 0.481 e. The van der Waals surface area contributed by atoms with E-state index in [0.717, 1.165) is 17.6 Å². The average Bonchev–Trinajstić information content (AvgIpc) is 3.18. The van der Waals surface area contributed by atoms with E-state index in [-0.39, 0.29) is 12.2 Å². The third-order valence-corrected chi connectivity index (χ3v) is 5.26. The summed E-state index contributed by atoms with van der Waals surface area (Å²) in [5.41, 5.74) is 5.04. The Morgan fingerprint density at radius 1 is 1.07 bits per heavy atom. The van der Waals surface area contributed by atoms with Crippen LogP contribution in [0, 0.1) is 6.92 Å². The van der Waals surface area contributed by atoms with Crippen LogP contribution >= 0.6 is 0 Å². The van der Waals surface area contributed by atoms with Crippen molar-refractivity contribution in [3.05, 3.63) is 76.9 Å². The molecule has 0 aromatic heterocycles. The predicted molar refractivity (Wildman–Crippen MR) is 105 cm³/mol. The lowest BCUT2D eigenvalue weighted by atomic mass is 9.89. The summed E-state index contributed by atoms with van der Waals surface area (Å²) in [6, 6.07) is 13.9. The van der Waals surface area contributed by atoms with Crippen molar-refractivity contribution in [2.24, 2.45) is 0 Å². The van der Waals surface area contributed by atoms with Crippen LogP contribution in [0.2, 0.25) is 0 Å². The van der Waals surface area contributed by atoms with Gasteiger partial charge in [-0.25, -0.2) is 0 Å². The SMILES string of the molecule is Cc1cccc(C2=CCC(c3ccc4c(c3)C(=O)CC(CO)(CO)O4)=C2)c1. The molecule has 2 aromatic rings. The Kier molecular flexibility index (Phi) is 4.46. The Morgan fingerprint density at radius 2 is 1.89 bits per heavy atom. The summed E-state index contributed by atoms with van der Waals surface area (Å²) in [7, 11) is 0. The van der Waals surface area contributed by atoms with Gasteiger partial charge >= 0.3 is 0 Å². The number of allylic oxidation sites excluding steroid dienone is 4. The van der Waals surface area contributed by atoms with Gasteiger partial charge in [-0.15, -0.1) is 0 Å². The molecule has 1 aliphatic carbocycles. The summed E-state index contributed by atoms with van der Waals surface area (Å²) < 4.78 is 5.76. The Morgan fingerprint density at radius 3 is 2.63 bits per heavy atom. The number of ketones is 1. The first kappa shape index (κ1) is 17.7. The molecule has 0 saturated heterocycles. The molecule has 4 rings (SSSR count). The van der Waals surface area contributed by atoms with Crippen molar-refractivity contribution in [3.63, 3.8) is 0 Å². The van der Waals surface area contributed by atoms with Gasteiger partial charge < -0.3 is 14.9 Å². The van der Waals surface area contributed by atoms with Gasteiger partial charge in [0, 0.05) is 0 Å². The van der Waals surface area contributed by atoms with E-state index in [1.807, 2.05) is 12.1 Å². The van der Waals surface area contributed by atoms with Gasteiger partial charge in [0.2, 0.25) is 0 Å². The summed E-state index contributed by atoms with van der Waals surface area (Å²) in [6.45, 7) is 1.29. The van der Waals surface area contributed by atoms with Crippen molar-refractivity contribution in [1.82, 2.24) is 0 Å². The first-order valence-electron chi connectivity index (χ1n) is 9.10. The van der Waals surface area contributed by atoms with Gasteiger partial charge in [-0.1, -0.05) is 48.0 Å². The van der Waals surface area contributed by atoms with Crippen molar-refractivity contribution in [3.8, 4) is 5.75 Å². The highest BCUT2D eigenvalue weighted by molar-refractivity contribution is 6.01. The number of aryl methyl sites for hydroxylation is 1. The van der Waals surface area contributed by atoms with E-state index < -0.39 is 18.8 Å². The lowest BCUT2D eigenvalue weighted by Gasteiger charge is -2.35. The molecule has 27 heavy (non-hydrogen) atoms. The number of rotatable bonds is 4. The van der Waals surface area contributed by atoms with Crippen LogP contribution in [0.25, 0.3) is 11.1 Å². The van der Waals surface area contributed by atoms with Gasteiger partial charge in [-0.2, -0.15) is 0 Å². The molecule has 0 radical (unpaired) electrons. The molecule has 0 bridgehead atoms. The summed E-state index contributed by atoms with van der Waals surface area (Å²) in [5.74, 6) is 0.301. The van der Waals surface area contributed by atoms with Crippen LogP contribution in [0.3, 0.4) is 0 Å². The molecule has 4 heteroatoms. The van der Waals surface area contributed by atoms with Gasteiger partial charge in [-0.05, 0) is 47.8 Å². The van der Waals surface area contributed by atoms with Crippen molar-refractivity contribution in [2.45, 2.75) is 25.4 Å². The van der Waals surface area contributed by atoms with Crippen molar-refractivity contribution in [2.75, 3.05) is 13.2 Å². The molecule has 0 fully saturated rings. The number of carbonyl (C=O) groups is 1. The second-order valence-electron chi connectivity index (χ2n) is 7.31. The van der Waals surface area contributed by atoms with Gasteiger partial charge in [0.25, 0.3) is 0 Å². The maximum atomic E-state index is 12.6. The quantitative estimate of drug-likeness (QED) is 0.873. The molecule has 0 amide bonds. The number of hydrogen-bond acceptors (Lipinski definition) is 4. The summed E-state index contributed by atoms with van der Waals surface area (Å²) >= 11 is 0. The van der Waals surface area contributed by atoms with E-state index in [9.17, 15) is 15.0 Å². The number of aliphatic hydroxyl groups is 2. The minimum atomic E-state index is -1.22. The number of aliphatic hydroxyl groups excluding tert-OH is 2. The third kappa shape index (κ3) is 3.22. The zero-order chi connectivity index (χ0) is 19.0. The standard InChI is InChI=1S/C23H22O4/c1-15-3-2-4-16(9-15)17-5-6-18(10-17)19-7-8-22-20(11-19)21(26)12-23(13-24,14-25)27-22/h2-5,7-11,24-25H,6,12-14H2,1H3. The smallest absolute Gasteiger partial charge is 0.170 e. The minimum Gasteiger partial charge on any atom is -0.481 e. The number of ether oxygens (including phenoxy) is 1. The van der Waals surface area contributed by atoms with Crippen LogP contribution in [0.1, 0.15) is 39.9 Å². The molecule has 4 nitrogen and oxygen atoms in total. The lowest BCUT2D eigenvalue weighted by Crippen LogP contribution is -2.48. The molecule has 0 spiro atoms. The highest BCUT2D eigenvalue weighted by Gasteiger charge is 2.40. The predicted octanol–water partition coefficient (Wildman–Crippen LogP) is 3.55. The van der Waals surface area contributed by atoms with Crippen LogP contribution in [0.4, 0.5) is 0 Å². The highest BCUT2D eigenvalue weighted by atomic mass is 16.5. The summed E-state index contributed by atoms with van der Waals surface area (Å²) in [6.07, 6.45) is 5.15. The topological polar surface area (TPSA) is 66.8 Å². The van der Waals surface area contributed by atoms with E-state index in [0.29, 0.717) is 11.3 Å². The zero-order valence-corrected chi connectivity index (χ0v) is 15.2. The third-order valence-electron chi connectivity index (χ3n) is 5.26. The summed E-state index contributed by atoms with van der Waals surface area (Å²) in [4.78, 5) is 12.6. The second-order valence-corrected chi connectivity index (χ2v) is 7.31. The highest BCUT2D eigenvalue weighted by Crippen LogP contribution is 2.38. The van der Waals surface area contributed by atoms with Crippen LogP contribution in [-0.2, 0) is 0 Å². The van der Waals surface area contributed by atoms with Gasteiger partial charge in [0.15, 0.2) is 11.4 Å². The molecule has 2 aliphatic rings. The molecule has 1 aliphatic heterocycles. The first-order valence-corrected chi connectivity index (χ1v) is 9.10. The molecular formula is C23H22O4. The van der Waals surface area contributed by atoms with E-state index >= 15 is 0 Å². The van der Waals surface area contributed by atoms with E-state index in [1.54, 1.807) is 6.07 Å². The van der Waals surface area contributed by atoms with Crippen molar-refractivity contribution in [1.29, 1.82) is 0 Å². The fourth-order valence-electron chi connectivity index (χ4n) is 3.67. The van der Waals surface area contributed by atoms with Gasteiger partial charge in [0.05, 0.1) is 25.2 Å². The lowest BCUT2D eigenvalue weighted by molar-refractivity contribution is -0.0403. The van der Waals surface area contributed by atoms with Crippen molar-refractivity contribution >= 4 is 16.9 Å². The maximum Gasteiger partial charge on any atom is 0.170 e. The van der Waals surface area contributed by atoms with E-state index in [1.165, 1.54) is 16.7 Å². The fourth-order valence-corrected chi connectivity index (χ4v) is 3.67. The van der Waals surface area contributed by atoms with Crippen LogP contribution in [0.5, 0.6) is 5.75 Å². The average molecular weight is 362 g/mol. The Bertz CT molecular complexity index is 964. The van der Waals surface area contributed by atoms with Gasteiger partial charge in [-0.3, -0.25) is 4.79 Å². The monoisotopic (exact) mass is 362 g/mol. The van der Waals surface area contributed by atoms with E-state index in [2.05, 4.69) is 43.3 Å². The van der Waals surface area contributed by atoms with Crippen LogP contribution in [-0.4, -0.2) is 34.8 Å². The number of Topliss-reactive ketones (excluding diaryl/α,β-unsaturated/α-hetero) is 1. The number of carbonyl (C=O) groups excluding carboxylic acids is 1. The zero-order valence-electron chi connectivity index (χ0n) is 15.2. The normalized spacial score (nSPS) is 17.8. The van der Waals surface area contributed by atoms with Crippen LogP contribution in [0.15, 0.2) is 54.6 Å². The minimum absolute atomic E-state index is 0.0255. The molecule has 2 aromatic carbocycles. The number of hydrogen-bond donors (Lipinski definition) is 2. The molecule has 2 N–H and O–H groups in total. The maximum absolute atomic E-state index is 12.6. The first-order chi connectivity index (χ1) is 13.0. The summed E-state index contributed by atoms with van der Waals surface area (Å²) in [5, 5.41) is 19.0. The molecule has 1 heterocycles. The molecule has 0 saturated carbocycles. The molecule has 0 unspecified atom stereocenters.